The van der Waals surface area contributed by atoms with E-state index in [1.54, 1.807) is 6.07 Å². The number of nitrogens with one attached hydrogen (secondary N) is 1. The summed E-state index contributed by atoms with van der Waals surface area (Å²) in [5.74, 6) is 0.443. The molecule has 14 heavy (non-hydrogen) atoms. The Morgan fingerprint density at radius 1 is 1.21 bits per heavy atom. The Morgan fingerprint density at radius 3 is 2.71 bits per heavy atom. The van der Waals surface area contributed by atoms with Gasteiger partial charge in [-0.05, 0) is 37.3 Å². The molecular formula is C12H15NO. The molecule has 2 aliphatic rings. The highest BCUT2D eigenvalue weighted by Gasteiger charge is 2.52. The Hall–Kier alpha value is -1.02. The van der Waals surface area contributed by atoms with Gasteiger partial charge in [0.2, 0.25) is 0 Å². The van der Waals surface area contributed by atoms with Crippen molar-refractivity contribution in [3.05, 3.63) is 29.8 Å². The summed E-state index contributed by atoms with van der Waals surface area (Å²) >= 11 is 0. The minimum atomic E-state index is 0.392. The van der Waals surface area contributed by atoms with Crippen molar-refractivity contribution < 1.29 is 5.11 Å². The predicted octanol–water partition coefficient (Wildman–Crippen LogP) is 2.21. The van der Waals surface area contributed by atoms with E-state index in [2.05, 4.69) is 5.32 Å². The minimum Gasteiger partial charge on any atom is -0.508 e. The van der Waals surface area contributed by atoms with Crippen molar-refractivity contribution in [1.29, 1.82) is 0 Å². The van der Waals surface area contributed by atoms with Crippen molar-refractivity contribution in [2.75, 3.05) is 6.54 Å². The van der Waals surface area contributed by atoms with Crippen LogP contribution in [0.15, 0.2) is 24.3 Å². The number of hydrogen-bond donors (Lipinski definition) is 2. The summed E-state index contributed by atoms with van der Waals surface area (Å²) in [5, 5.41) is 13.3. The van der Waals surface area contributed by atoms with Gasteiger partial charge in [-0.15, -0.1) is 0 Å². The molecule has 1 saturated heterocycles. The Morgan fingerprint density at radius 2 is 2.00 bits per heavy atom. The first-order valence-electron chi connectivity index (χ1n) is 5.33. The first-order valence-corrected chi connectivity index (χ1v) is 5.33. The van der Waals surface area contributed by atoms with E-state index >= 15 is 0 Å². The summed E-state index contributed by atoms with van der Waals surface area (Å²) in [6.45, 7) is 1.10. The molecule has 2 fully saturated rings. The lowest BCUT2D eigenvalue weighted by molar-refractivity contribution is 0.408. The molecule has 2 heteroatoms. The second-order valence-electron chi connectivity index (χ2n) is 4.56. The van der Waals surface area contributed by atoms with Crippen LogP contribution in [0.3, 0.4) is 0 Å². The highest BCUT2D eigenvalue weighted by atomic mass is 16.3. The fraction of sp³-hybridized carbons (Fsp3) is 0.500. The second kappa shape index (κ2) is 2.74. The van der Waals surface area contributed by atoms with Crippen LogP contribution in [0.5, 0.6) is 5.75 Å². The third-order valence-electron chi connectivity index (χ3n) is 3.72. The van der Waals surface area contributed by atoms with Crippen LogP contribution in [-0.2, 0) is 0 Å². The summed E-state index contributed by atoms with van der Waals surface area (Å²) in [6.07, 6.45) is 3.91. The molecule has 1 aromatic carbocycles. The molecular weight excluding hydrogens is 174 g/mol. The summed E-state index contributed by atoms with van der Waals surface area (Å²) in [4.78, 5) is 0. The van der Waals surface area contributed by atoms with Gasteiger partial charge in [0.05, 0.1) is 0 Å². The van der Waals surface area contributed by atoms with E-state index < -0.39 is 0 Å². The van der Waals surface area contributed by atoms with E-state index in [4.69, 9.17) is 0 Å². The maximum Gasteiger partial charge on any atom is 0.120 e. The van der Waals surface area contributed by atoms with Crippen LogP contribution in [0, 0.1) is 5.41 Å². The van der Waals surface area contributed by atoms with Crippen LogP contribution in [-0.4, -0.2) is 11.7 Å². The van der Waals surface area contributed by atoms with E-state index in [1.165, 1.54) is 19.3 Å². The number of benzene rings is 1. The van der Waals surface area contributed by atoms with Crippen LogP contribution >= 0.6 is 0 Å². The Bertz CT molecular complexity index is 357. The van der Waals surface area contributed by atoms with Crippen molar-refractivity contribution in [2.45, 2.75) is 25.3 Å². The van der Waals surface area contributed by atoms with Gasteiger partial charge in [-0.1, -0.05) is 18.2 Å². The van der Waals surface area contributed by atoms with E-state index in [-0.39, 0.29) is 0 Å². The summed E-state index contributed by atoms with van der Waals surface area (Å²) in [7, 11) is 0. The first kappa shape index (κ1) is 8.30. The lowest BCUT2D eigenvalue weighted by Crippen LogP contribution is -2.18. The molecule has 0 radical (unpaired) electrons. The Labute approximate surface area is 84.0 Å². The van der Waals surface area contributed by atoms with Crippen LogP contribution < -0.4 is 5.32 Å². The number of rotatable bonds is 1. The average molecular weight is 189 g/mol. The normalized spacial score (nSPS) is 28.1. The van der Waals surface area contributed by atoms with Gasteiger partial charge >= 0.3 is 0 Å². The molecule has 1 aromatic rings. The van der Waals surface area contributed by atoms with Gasteiger partial charge in [0, 0.05) is 11.6 Å². The zero-order chi connectivity index (χ0) is 9.60. The van der Waals surface area contributed by atoms with E-state index in [0.717, 1.165) is 12.1 Å². The van der Waals surface area contributed by atoms with Crippen LogP contribution in [0.25, 0.3) is 0 Å². The number of phenolic OH excluding ortho intramolecular Hbond substituents is 1. The SMILES string of the molecule is Oc1ccccc1C1NCCC12CC2. The molecule has 1 atom stereocenters. The maximum absolute atomic E-state index is 9.79. The molecule has 1 aliphatic heterocycles. The van der Waals surface area contributed by atoms with Gasteiger partial charge < -0.3 is 10.4 Å². The van der Waals surface area contributed by atoms with Gasteiger partial charge in [-0.2, -0.15) is 0 Å². The fourth-order valence-corrected chi connectivity index (χ4v) is 2.70. The van der Waals surface area contributed by atoms with Gasteiger partial charge in [-0.3, -0.25) is 0 Å². The van der Waals surface area contributed by atoms with Crippen LogP contribution in [0.4, 0.5) is 0 Å². The number of phenols is 1. The third kappa shape index (κ3) is 1.07. The summed E-state index contributed by atoms with van der Waals surface area (Å²) in [5.41, 5.74) is 1.57. The van der Waals surface area contributed by atoms with Crippen molar-refractivity contribution in [3.63, 3.8) is 0 Å². The van der Waals surface area contributed by atoms with E-state index in [1.807, 2.05) is 18.2 Å². The molecule has 1 aliphatic carbocycles. The van der Waals surface area contributed by atoms with Crippen molar-refractivity contribution in [3.8, 4) is 5.75 Å². The lowest BCUT2D eigenvalue weighted by atomic mass is 9.91. The molecule has 1 heterocycles. The Kier molecular flexibility index (Phi) is 1.62. The summed E-state index contributed by atoms with van der Waals surface area (Å²) in [6, 6.07) is 8.10. The van der Waals surface area contributed by atoms with E-state index in [0.29, 0.717) is 17.2 Å². The fourth-order valence-electron chi connectivity index (χ4n) is 2.70. The van der Waals surface area contributed by atoms with Crippen molar-refractivity contribution in [1.82, 2.24) is 5.32 Å². The topological polar surface area (TPSA) is 32.3 Å². The van der Waals surface area contributed by atoms with Gasteiger partial charge in [-0.25, -0.2) is 0 Å². The zero-order valence-corrected chi connectivity index (χ0v) is 8.16. The molecule has 1 unspecified atom stereocenters. The largest absolute Gasteiger partial charge is 0.508 e. The smallest absolute Gasteiger partial charge is 0.120 e. The van der Waals surface area contributed by atoms with Crippen molar-refractivity contribution >= 4 is 0 Å². The average Bonchev–Trinajstić information content (AvgIpc) is 2.82. The first-order chi connectivity index (χ1) is 6.82. The quantitative estimate of drug-likeness (QED) is 0.710. The zero-order valence-electron chi connectivity index (χ0n) is 8.16. The van der Waals surface area contributed by atoms with Gasteiger partial charge in [0.15, 0.2) is 0 Å². The summed E-state index contributed by atoms with van der Waals surface area (Å²) < 4.78 is 0. The van der Waals surface area contributed by atoms with Crippen molar-refractivity contribution in [2.24, 2.45) is 5.41 Å². The molecule has 0 aromatic heterocycles. The molecule has 1 spiro atoms. The maximum atomic E-state index is 9.79. The molecule has 1 saturated carbocycles. The third-order valence-corrected chi connectivity index (χ3v) is 3.72. The number of aromatic hydroxyl groups is 1. The molecule has 0 bridgehead atoms. The minimum absolute atomic E-state index is 0.392. The molecule has 3 rings (SSSR count). The monoisotopic (exact) mass is 189 g/mol. The lowest BCUT2D eigenvalue weighted by Gasteiger charge is -2.19. The van der Waals surface area contributed by atoms with Crippen LogP contribution in [0.1, 0.15) is 30.9 Å². The highest BCUT2D eigenvalue weighted by Crippen LogP contribution is 2.60. The van der Waals surface area contributed by atoms with Gasteiger partial charge in [0.1, 0.15) is 5.75 Å². The number of hydrogen-bond acceptors (Lipinski definition) is 2. The molecule has 2 nitrogen and oxygen atoms in total. The van der Waals surface area contributed by atoms with E-state index in [9.17, 15) is 5.11 Å². The predicted molar refractivity (Wildman–Crippen MR) is 55.1 cm³/mol. The molecule has 2 N–H and O–H groups in total. The standard InChI is InChI=1S/C12H15NO/c14-10-4-2-1-3-9(10)11-12(5-6-12)7-8-13-11/h1-4,11,13-14H,5-8H2. The molecule has 0 amide bonds. The van der Waals surface area contributed by atoms with Gasteiger partial charge in [0.25, 0.3) is 0 Å². The number of para-hydroxylation sites is 1. The molecule has 74 valence electrons. The second-order valence-corrected chi connectivity index (χ2v) is 4.56. The Balaban J connectivity index is 1.99. The highest BCUT2D eigenvalue weighted by molar-refractivity contribution is 5.37. The van der Waals surface area contributed by atoms with Crippen LogP contribution in [0.2, 0.25) is 0 Å².